The van der Waals surface area contributed by atoms with Crippen molar-refractivity contribution >= 4 is 36.4 Å². The van der Waals surface area contributed by atoms with E-state index in [0.29, 0.717) is 17.7 Å². The molecule has 0 spiro atoms. The Morgan fingerprint density at radius 1 is 1.18 bits per heavy atom. The lowest BCUT2D eigenvalue weighted by Gasteiger charge is -2.16. The van der Waals surface area contributed by atoms with E-state index in [1.165, 1.54) is 25.7 Å². The number of nitrogens with one attached hydrogen (secondary N) is 2. The van der Waals surface area contributed by atoms with Gasteiger partial charge in [-0.15, -0.1) is 11.8 Å². The van der Waals surface area contributed by atoms with Gasteiger partial charge in [0, 0.05) is 23.4 Å². The Morgan fingerprint density at radius 2 is 1.85 bits per heavy atom. The molecule has 0 aromatic heterocycles. The van der Waals surface area contributed by atoms with E-state index in [1.54, 1.807) is 23.2 Å². The van der Waals surface area contributed by atoms with E-state index < -0.39 is 0 Å². The molecule has 2 N–H and O–H groups in total. The summed E-state index contributed by atoms with van der Waals surface area (Å²) in [6, 6.07) is 5.62. The Hall–Kier alpha value is -2.07. The first kappa shape index (κ1) is 28.2. The van der Waals surface area contributed by atoms with E-state index in [1.807, 2.05) is 19.2 Å². The van der Waals surface area contributed by atoms with Gasteiger partial charge in [-0.1, -0.05) is 6.07 Å². The molecule has 0 unspecified atom stereocenters. The summed E-state index contributed by atoms with van der Waals surface area (Å²) in [5, 5.41) is 7.37. The lowest BCUT2D eigenvalue weighted by Crippen LogP contribution is -2.19. The van der Waals surface area contributed by atoms with E-state index in [2.05, 4.69) is 32.1 Å². The summed E-state index contributed by atoms with van der Waals surface area (Å²) < 4.78 is 11.1. The van der Waals surface area contributed by atoms with Crippen LogP contribution in [0.2, 0.25) is 0 Å². The fourth-order valence-corrected chi connectivity index (χ4v) is 4.73. The Morgan fingerprint density at radius 3 is 2.41 bits per heavy atom. The molecule has 0 radical (unpaired) electrons. The number of aliphatic imine (C=N–C) groups is 1. The smallest absolute Gasteiger partial charge is 0.274 e. The van der Waals surface area contributed by atoms with Gasteiger partial charge >= 0.3 is 0 Å². The first-order chi connectivity index (χ1) is 16.6. The first-order valence-electron chi connectivity index (χ1n) is 11.9. The second-order valence-electron chi connectivity index (χ2n) is 8.41. The zero-order valence-corrected chi connectivity index (χ0v) is 21.0. The number of hydrogen-bond acceptors (Lipinski definition) is 7. The van der Waals surface area contributed by atoms with E-state index in [4.69, 9.17) is 0 Å². The van der Waals surface area contributed by atoms with Gasteiger partial charge in [-0.25, -0.2) is 0 Å². The molecule has 1 amide bonds. The zero-order valence-electron chi connectivity index (χ0n) is 20.2. The quantitative estimate of drug-likeness (QED) is 0.200. The van der Waals surface area contributed by atoms with Crippen LogP contribution >= 0.6 is 11.8 Å². The molecule has 0 bridgehead atoms. The second-order valence-corrected chi connectivity index (χ2v) is 9.23. The number of alkyl halides is 1. The molecule has 188 valence electrons. The molecule has 2 heterocycles. The fourth-order valence-electron chi connectivity index (χ4n) is 3.85. The van der Waals surface area contributed by atoms with Crippen LogP contribution in [0.25, 0.3) is 0 Å². The van der Waals surface area contributed by atoms with E-state index in [9.17, 15) is 14.0 Å². The summed E-state index contributed by atoms with van der Waals surface area (Å²) in [5.74, 6) is 0.496. The number of amides is 1. The molecular weight excluding hydrogens is 453 g/mol. The normalized spacial score (nSPS) is 16.7. The number of rotatable bonds is 12. The summed E-state index contributed by atoms with van der Waals surface area (Å²) in [7, 11) is 1.82. The van der Waals surface area contributed by atoms with Crippen molar-refractivity contribution in [1.82, 2.24) is 15.1 Å². The standard InChI is InChI=1S/C21H28N4O2S.C4H10FN/c1-22-20(15-28-16-25-10-4-5-11-25)21(27)23-19-7-6-17(12-18(19)14-26)13-24-8-2-3-9-24;1-6-4-2-3-5/h6-7,12,14-15H,1-5,8-11,13,16H2,(H,23,27);6H,2-4H2,1H3/b20-15-;. The van der Waals surface area contributed by atoms with Crippen molar-refractivity contribution in [3.8, 4) is 0 Å². The van der Waals surface area contributed by atoms with Crippen molar-refractivity contribution < 1.29 is 14.0 Å². The maximum atomic E-state index is 12.5. The highest BCUT2D eigenvalue weighted by molar-refractivity contribution is 8.02. The van der Waals surface area contributed by atoms with Gasteiger partial charge in [-0.05, 0) is 96.3 Å². The number of carbonyl (C=O) groups is 2. The summed E-state index contributed by atoms with van der Waals surface area (Å²) >= 11 is 1.55. The lowest BCUT2D eigenvalue weighted by atomic mass is 10.1. The molecule has 1 aromatic rings. The van der Waals surface area contributed by atoms with Crippen molar-refractivity contribution in [3.05, 3.63) is 40.4 Å². The van der Waals surface area contributed by atoms with Crippen LogP contribution in [0, 0.1) is 0 Å². The number of benzene rings is 1. The molecule has 2 saturated heterocycles. The predicted octanol–water partition coefficient (Wildman–Crippen LogP) is 3.93. The van der Waals surface area contributed by atoms with Crippen LogP contribution in [0.3, 0.4) is 0 Å². The van der Waals surface area contributed by atoms with Crippen LogP contribution in [0.1, 0.15) is 48.0 Å². The monoisotopic (exact) mass is 491 g/mol. The molecular formula is C25H38FN5O2S. The summed E-state index contributed by atoms with van der Waals surface area (Å²) in [5.41, 5.74) is 2.34. The van der Waals surface area contributed by atoms with Gasteiger partial charge in [0.1, 0.15) is 5.70 Å². The van der Waals surface area contributed by atoms with Crippen molar-refractivity contribution in [2.24, 2.45) is 4.99 Å². The maximum Gasteiger partial charge on any atom is 0.274 e. The first-order valence-corrected chi connectivity index (χ1v) is 13.0. The molecule has 2 aliphatic heterocycles. The van der Waals surface area contributed by atoms with Crippen LogP contribution in [0.4, 0.5) is 10.1 Å². The number of hydrogen-bond donors (Lipinski definition) is 2. The number of carbonyl (C=O) groups excluding carboxylic acids is 2. The largest absolute Gasteiger partial charge is 0.320 e. The number of aldehydes is 1. The topological polar surface area (TPSA) is 77.0 Å². The van der Waals surface area contributed by atoms with Crippen LogP contribution in [0.15, 0.2) is 34.3 Å². The molecule has 2 aliphatic rings. The minimum absolute atomic E-state index is 0.208. The average Bonchev–Trinajstić information content (AvgIpc) is 3.56. The van der Waals surface area contributed by atoms with Crippen molar-refractivity contribution in [2.45, 2.75) is 38.6 Å². The molecule has 7 nitrogen and oxygen atoms in total. The fraction of sp³-hybridized carbons (Fsp3) is 0.560. The van der Waals surface area contributed by atoms with Gasteiger partial charge in [-0.2, -0.15) is 0 Å². The van der Waals surface area contributed by atoms with Gasteiger partial charge in [0.25, 0.3) is 5.91 Å². The Bertz CT molecular complexity index is 804. The third-order valence-corrected chi connectivity index (χ3v) is 6.61. The van der Waals surface area contributed by atoms with Crippen LogP contribution in [0.5, 0.6) is 0 Å². The Kier molecular flexibility index (Phi) is 13.7. The van der Waals surface area contributed by atoms with Gasteiger partial charge in [0.15, 0.2) is 6.29 Å². The molecule has 34 heavy (non-hydrogen) atoms. The van der Waals surface area contributed by atoms with Crippen LogP contribution < -0.4 is 10.6 Å². The van der Waals surface area contributed by atoms with E-state index >= 15 is 0 Å². The number of likely N-dealkylation sites (tertiary alicyclic amines) is 2. The number of thioether (sulfide) groups is 1. The SMILES string of the molecule is C=N/C(=C\SCN1CCCC1)C(=O)Nc1ccc(CN2CCCC2)cc1C=O.CNCCCF. The molecule has 1 aromatic carbocycles. The number of halogens is 1. The summed E-state index contributed by atoms with van der Waals surface area (Å²) in [6.45, 7) is 9.34. The van der Waals surface area contributed by atoms with Crippen LogP contribution in [-0.2, 0) is 11.3 Å². The Balaban J connectivity index is 0.000000604. The third kappa shape index (κ3) is 10.0. The Labute approximate surface area is 207 Å². The molecule has 0 aliphatic carbocycles. The molecule has 3 rings (SSSR count). The van der Waals surface area contributed by atoms with Crippen molar-refractivity contribution in [3.63, 3.8) is 0 Å². The zero-order chi connectivity index (χ0) is 24.6. The van der Waals surface area contributed by atoms with Gasteiger partial charge in [0.2, 0.25) is 0 Å². The highest BCUT2D eigenvalue weighted by Crippen LogP contribution is 2.21. The van der Waals surface area contributed by atoms with Gasteiger partial charge < -0.3 is 10.6 Å². The molecule has 0 atom stereocenters. The second kappa shape index (κ2) is 16.5. The van der Waals surface area contributed by atoms with Crippen molar-refractivity contribution in [2.75, 3.05) is 57.6 Å². The lowest BCUT2D eigenvalue weighted by molar-refractivity contribution is -0.112. The van der Waals surface area contributed by atoms with E-state index in [-0.39, 0.29) is 18.3 Å². The van der Waals surface area contributed by atoms with Gasteiger partial charge in [-0.3, -0.25) is 28.8 Å². The summed E-state index contributed by atoms with van der Waals surface area (Å²) in [6.07, 6.45) is 6.35. The van der Waals surface area contributed by atoms with Crippen LogP contribution in [-0.4, -0.2) is 81.0 Å². The van der Waals surface area contributed by atoms with Gasteiger partial charge in [0.05, 0.1) is 12.4 Å². The minimum Gasteiger partial charge on any atom is -0.320 e. The summed E-state index contributed by atoms with van der Waals surface area (Å²) in [4.78, 5) is 32.7. The average molecular weight is 492 g/mol. The molecule has 2 fully saturated rings. The van der Waals surface area contributed by atoms with E-state index in [0.717, 1.165) is 57.0 Å². The minimum atomic E-state index is -0.348. The van der Waals surface area contributed by atoms with Crippen molar-refractivity contribution in [1.29, 1.82) is 0 Å². The number of nitrogens with zero attached hydrogens (tertiary/aromatic N) is 3. The molecule has 9 heteroatoms. The maximum absolute atomic E-state index is 12.5. The highest BCUT2D eigenvalue weighted by Gasteiger charge is 2.15. The highest BCUT2D eigenvalue weighted by atomic mass is 32.2. The molecule has 0 saturated carbocycles. The third-order valence-electron chi connectivity index (χ3n) is 5.71. The predicted molar refractivity (Wildman–Crippen MR) is 140 cm³/mol. The number of anilines is 1.